The fourth-order valence-corrected chi connectivity index (χ4v) is 2.44. The number of nitrogens with zero attached hydrogens (tertiary/aromatic N) is 3. The zero-order chi connectivity index (χ0) is 18.9. The van der Waals surface area contributed by atoms with Crippen molar-refractivity contribution >= 4 is 11.9 Å². The molecule has 1 amide bonds. The Morgan fingerprint density at radius 1 is 1.04 bits per heavy atom. The van der Waals surface area contributed by atoms with Crippen LogP contribution < -0.4 is 15.4 Å². The molecule has 0 saturated carbocycles. The van der Waals surface area contributed by atoms with E-state index < -0.39 is 0 Å². The summed E-state index contributed by atoms with van der Waals surface area (Å²) < 4.78 is 5.13. The summed E-state index contributed by atoms with van der Waals surface area (Å²) in [6.07, 6.45) is 7.27. The van der Waals surface area contributed by atoms with Crippen LogP contribution in [0.4, 0.5) is 5.95 Å². The Kier molecular flexibility index (Phi) is 6.30. The molecule has 0 radical (unpaired) electrons. The minimum atomic E-state index is -0.192. The van der Waals surface area contributed by atoms with Gasteiger partial charge in [0.1, 0.15) is 5.75 Å². The molecule has 0 bridgehead atoms. The predicted octanol–water partition coefficient (Wildman–Crippen LogP) is 2.46. The van der Waals surface area contributed by atoms with E-state index in [1.165, 1.54) is 12.4 Å². The molecule has 0 spiro atoms. The molecule has 27 heavy (non-hydrogen) atoms. The SMILES string of the molecule is COc1ccc(CCNC(=O)c2cnc(NCc3cccnc3)nc2)cc1. The van der Waals surface area contributed by atoms with Crippen molar-refractivity contribution in [3.05, 3.63) is 77.9 Å². The Labute approximate surface area is 157 Å². The third-order valence-corrected chi connectivity index (χ3v) is 3.95. The molecule has 2 N–H and O–H groups in total. The maximum absolute atomic E-state index is 12.2. The molecule has 2 heterocycles. The fraction of sp³-hybridized carbons (Fsp3) is 0.200. The van der Waals surface area contributed by atoms with Crippen molar-refractivity contribution in [3.63, 3.8) is 0 Å². The van der Waals surface area contributed by atoms with E-state index in [2.05, 4.69) is 25.6 Å². The summed E-state index contributed by atoms with van der Waals surface area (Å²) in [7, 11) is 1.64. The molecule has 7 nitrogen and oxygen atoms in total. The maximum atomic E-state index is 12.2. The van der Waals surface area contributed by atoms with Crippen molar-refractivity contribution in [1.82, 2.24) is 20.3 Å². The van der Waals surface area contributed by atoms with Crippen LogP contribution in [0.25, 0.3) is 0 Å². The topological polar surface area (TPSA) is 89.0 Å². The second-order valence-corrected chi connectivity index (χ2v) is 5.86. The van der Waals surface area contributed by atoms with Gasteiger partial charge >= 0.3 is 0 Å². The Morgan fingerprint density at radius 2 is 1.81 bits per heavy atom. The normalized spacial score (nSPS) is 10.3. The van der Waals surface area contributed by atoms with Gasteiger partial charge in [-0.2, -0.15) is 0 Å². The summed E-state index contributed by atoms with van der Waals surface area (Å²) in [6.45, 7) is 1.10. The standard InChI is InChI=1S/C20H21N5O2/c1-27-18-6-4-15(5-7-18)8-10-22-19(26)17-13-24-20(25-14-17)23-12-16-3-2-9-21-11-16/h2-7,9,11,13-14H,8,10,12H2,1H3,(H,22,26)(H,23,24,25). The number of aromatic nitrogens is 3. The van der Waals surface area contributed by atoms with E-state index in [9.17, 15) is 4.79 Å². The van der Waals surface area contributed by atoms with Crippen LogP contribution in [0.5, 0.6) is 5.75 Å². The number of hydrogen-bond donors (Lipinski definition) is 2. The first-order chi connectivity index (χ1) is 13.2. The average Bonchev–Trinajstić information content (AvgIpc) is 2.74. The molecule has 1 aromatic carbocycles. The molecule has 0 fully saturated rings. The van der Waals surface area contributed by atoms with Crippen molar-refractivity contribution in [1.29, 1.82) is 0 Å². The van der Waals surface area contributed by atoms with Gasteiger partial charge < -0.3 is 15.4 Å². The summed E-state index contributed by atoms with van der Waals surface area (Å²) in [4.78, 5) is 24.6. The van der Waals surface area contributed by atoms with Gasteiger partial charge in [0.15, 0.2) is 0 Å². The Balaban J connectivity index is 1.45. The molecule has 3 rings (SSSR count). The molecule has 7 heteroatoms. The van der Waals surface area contributed by atoms with E-state index in [0.717, 1.165) is 23.3 Å². The molecule has 0 aliphatic carbocycles. The monoisotopic (exact) mass is 363 g/mol. The molecule has 0 saturated heterocycles. The van der Waals surface area contributed by atoms with Gasteiger partial charge in [-0.3, -0.25) is 9.78 Å². The van der Waals surface area contributed by atoms with Gasteiger partial charge in [0.05, 0.1) is 12.7 Å². The predicted molar refractivity (Wildman–Crippen MR) is 103 cm³/mol. The lowest BCUT2D eigenvalue weighted by atomic mass is 10.1. The van der Waals surface area contributed by atoms with Crippen LogP contribution in [0.3, 0.4) is 0 Å². The molecule has 0 unspecified atom stereocenters. The lowest BCUT2D eigenvalue weighted by Crippen LogP contribution is -2.26. The van der Waals surface area contributed by atoms with Crippen LogP contribution in [0.2, 0.25) is 0 Å². The van der Waals surface area contributed by atoms with Gasteiger partial charge in [0.2, 0.25) is 5.95 Å². The van der Waals surface area contributed by atoms with Crippen molar-refractivity contribution in [2.45, 2.75) is 13.0 Å². The first-order valence-electron chi connectivity index (χ1n) is 8.60. The van der Waals surface area contributed by atoms with Gasteiger partial charge in [-0.1, -0.05) is 18.2 Å². The molecule has 2 aromatic heterocycles. The number of carbonyl (C=O) groups is 1. The summed E-state index contributed by atoms with van der Waals surface area (Å²) in [5.41, 5.74) is 2.58. The van der Waals surface area contributed by atoms with E-state index in [1.807, 2.05) is 36.4 Å². The Hall–Kier alpha value is -3.48. The number of anilines is 1. The van der Waals surface area contributed by atoms with Crippen LogP contribution in [-0.2, 0) is 13.0 Å². The quantitative estimate of drug-likeness (QED) is 0.639. The van der Waals surface area contributed by atoms with E-state index in [-0.39, 0.29) is 5.91 Å². The zero-order valence-electron chi connectivity index (χ0n) is 15.1. The van der Waals surface area contributed by atoms with Crippen molar-refractivity contribution in [3.8, 4) is 5.75 Å². The number of methoxy groups -OCH3 is 1. The highest BCUT2D eigenvalue weighted by Gasteiger charge is 2.07. The van der Waals surface area contributed by atoms with Crippen molar-refractivity contribution < 1.29 is 9.53 Å². The van der Waals surface area contributed by atoms with Crippen LogP contribution >= 0.6 is 0 Å². The molecule has 0 atom stereocenters. The number of benzene rings is 1. The fourth-order valence-electron chi connectivity index (χ4n) is 2.44. The van der Waals surface area contributed by atoms with Gasteiger partial charge in [-0.05, 0) is 35.7 Å². The molecule has 0 aliphatic rings. The maximum Gasteiger partial charge on any atom is 0.254 e. The highest BCUT2D eigenvalue weighted by molar-refractivity contribution is 5.93. The highest BCUT2D eigenvalue weighted by Crippen LogP contribution is 2.11. The zero-order valence-corrected chi connectivity index (χ0v) is 15.1. The average molecular weight is 363 g/mol. The second kappa shape index (κ2) is 9.28. The number of hydrogen-bond acceptors (Lipinski definition) is 6. The summed E-state index contributed by atoms with van der Waals surface area (Å²) in [5, 5.41) is 5.97. The highest BCUT2D eigenvalue weighted by atomic mass is 16.5. The van der Waals surface area contributed by atoms with E-state index >= 15 is 0 Å². The number of pyridine rings is 1. The third kappa shape index (κ3) is 5.50. The van der Waals surface area contributed by atoms with Crippen molar-refractivity contribution in [2.24, 2.45) is 0 Å². The lowest BCUT2D eigenvalue weighted by Gasteiger charge is -2.07. The van der Waals surface area contributed by atoms with E-state index in [1.54, 1.807) is 19.5 Å². The van der Waals surface area contributed by atoms with Crippen LogP contribution in [0.1, 0.15) is 21.5 Å². The van der Waals surface area contributed by atoms with Crippen LogP contribution in [0, 0.1) is 0 Å². The van der Waals surface area contributed by atoms with E-state index in [4.69, 9.17) is 4.74 Å². The summed E-state index contributed by atoms with van der Waals surface area (Å²) >= 11 is 0. The third-order valence-electron chi connectivity index (χ3n) is 3.95. The largest absolute Gasteiger partial charge is 0.497 e. The van der Waals surface area contributed by atoms with E-state index in [0.29, 0.717) is 24.6 Å². The number of rotatable bonds is 8. The van der Waals surface area contributed by atoms with Crippen LogP contribution in [-0.4, -0.2) is 34.5 Å². The van der Waals surface area contributed by atoms with Gasteiger partial charge in [-0.25, -0.2) is 9.97 Å². The summed E-state index contributed by atoms with van der Waals surface area (Å²) in [6, 6.07) is 11.6. The minimum absolute atomic E-state index is 0.192. The molecule has 0 aliphatic heterocycles. The van der Waals surface area contributed by atoms with Gasteiger partial charge in [-0.15, -0.1) is 0 Å². The Morgan fingerprint density at radius 3 is 2.48 bits per heavy atom. The lowest BCUT2D eigenvalue weighted by molar-refractivity contribution is 0.0953. The smallest absolute Gasteiger partial charge is 0.254 e. The number of carbonyl (C=O) groups excluding carboxylic acids is 1. The Bertz CT molecular complexity index is 852. The van der Waals surface area contributed by atoms with Crippen molar-refractivity contribution in [2.75, 3.05) is 19.0 Å². The first kappa shape index (κ1) is 18.3. The molecular formula is C20H21N5O2. The van der Waals surface area contributed by atoms with Gasteiger partial charge in [0.25, 0.3) is 5.91 Å². The minimum Gasteiger partial charge on any atom is -0.497 e. The second-order valence-electron chi connectivity index (χ2n) is 5.86. The molecule has 3 aromatic rings. The molecule has 138 valence electrons. The number of amides is 1. The summed E-state index contributed by atoms with van der Waals surface area (Å²) in [5.74, 6) is 1.09. The molecular weight excluding hydrogens is 342 g/mol. The number of nitrogens with one attached hydrogen (secondary N) is 2. The first-order valence-corrected chi connectivity index (χ1v) is 8.60. The number of ether oxygens (including phenoxy) is 1. The van der Waals surface area contributed by atoms with Crippen LogP contribution in [0.15, 0.2) is 61.2 Å². The van der Waals surface area contributed by atoms with Gasteiger partial charge in [0, 0.05) is 37.9 Å².